The van der Waals surface area contributed by atoms with Gasteiger partial charge in [0.05, 0.1) is 12.5 Å². The van der Waals surface area contributed by atoms with Gasteiger partial charge in [0.2, 0.25) is 5.95 Å². The van der Waals surface area contributed by atoms with Gasteiger partial charge in [-0.3, -0.25) is 4.79 Å². The summed E-state index contributed by atoms with van der Waals surface area (Å²) in [5, 5.41) is 9.38. The van der Waals surface area contributed by atoms with Gasteiger partial charge in [0.1, 0.15) is 0 Å². The molecule has 5 heteroatoms. The van der Waals surface area contributed by atoms with E-state index in [1.165, 1.54) is 6.20 Å². The second-order valence-electron chi connectivity index (χ2n) is 6.03. The molecule has 0 radical (unpaired) electrons. The Bertz CT molecular complexity index is 513. The lowest BCUT2D eigenvalue weighted by molar-refractivity contribution is -0.146. The largest absolute Gasteiger partial charge is 0.481 e. The van der Waals surface area contributed by atoms with Crippen molar-refractivity contribution in [2.75, 3.05) is 13.2 Å². The molecule has 1 heterocycles. The van der Waals surface area contributed by atoms with Gasteiger partial charge in [-0.1, -0.05) is 0 Å². The van der Waals surface area contributed by atoms with Crippen LogP contribution in [0.3, 0.4) is 0 Å². The van der Waals surface area contributed by atoms with Crippen molar-refractivity contribution < 1.29 is 19.0 Å². The summed E-state index contributed by atoms with van der Waals surface area (Å²) in [5.41, 5.74) is 1.64. The predicted octanol–water partition coefficient (Wildman–Crippen LogP) is 3.54. The highest BCUT2D eigenvalue weighted by atomic mass is 19.1. The zero-order valence-corrected chi connectivity index (χ0v) is 13.2. The van der Waals surface area contributed by atoms with E-state index in [2.05, 4.69) is 4.98 Å². The van der Waals surface area contributed by atoms with Crippen molar-refractivity contribution in [1.82, 2.24) is 4.98 Å². The van der Waals surface area contributed by atoms with E-state index in [9.17, 15) is 14.3 Å². The molecule has 1 N–H and O–H groups in total. The van der Waals surface area contributed by atoms with Crippen molar-refractivity contribution in [1.29, 1.82) is 0 Å². The number of ether oxygens (including phenoxy) is 1. The van der Waals surface area contributed by atoms with Crippen molar-refractivity contribution in [3.05, 3.63) is 29.3 Å². The summed E-state index contributed by atoms with van der Waals surface area (Å²) in [7, 11) is 0. The molecule has 1 saturated carbocycles. The zero-order chi connectivity index (χ0) is 16.1. The van der Waals surface area contributed by atoms with Crippen LogP contribution in [0.15, 0.2) is 12.3 Å². The first-order valence-electron chi connectivity index (χ1n) is 7.96. The Balaban J connectivity index is 2.00. The third-order valence-electron chi connectivity index (χ3n) is 4.78. The van der Waals surface area contributed by atoms with Gasteiger partial charge < -0.3 is 9.84 Å². The van der Waals surface area contributed by atoms with Crippen LogP contribution < -0.4 is 0 Å². The van der Waals surface area contributed by atoms with Crippen LogP contribution in [-0.4, -0.2) is 29.3 Å². The second kappa shape index (κ2) is 7.68. The van der Waals surface area contributed by atoms with E-state index in [1.807, 2.05) is 13.0 Å². The average molecular weight is 309 g/mol. The molecule has 1 unspecified atom stereocenters. The molecule has 0 aromatic carbocycles. The molecule has 1 atom stereocenters. The van der Waals surface area contributed by atoms with E-state index in [0.717, 1.165) is 31.2 Å². The molecule has 0 spiro atoms. The first-order valence-corrected chi connectivity index (χ1v) is 7.96. The molecule has 0 bridgehead atoms. The van der Waals surface area contributed by atoms with Gasteiger partial charge in [0.25, 0.3) is 0 Å². The minimum Gasteiger partial charge on any atom is -0.481 e. The Morgan fingerprint density at radius 3 is 2.73 bits per heavy atom. The van der Waals surface area contributed by atoms with Gasteiger partial charge in [0, 0.05) is 18.4 Å². The fraction of sp³-hybridized carbons (Fsp3) is 0.647. The molecule has 0 aliphatic heterocycles. The first kappa shape index (κ1) is 16.9. The molecule has 22 heavy (non-hydrogen) atoms. The number of aromatic nitrogens is 1. The maximum Gasteiger partial charge on any atom is 0.309 e. The van der Waals surface area contributed by atoms with Gasteiger partial charge in [-0.25, -0.2) is 4.98 Å². The minimum atomic E-state index is -0.775. The number of hydrogen-bond acceptors (Lipinski definition) is 3. The summed E-state index contributed by atoms with van der Waals surface area (Å²) in [5.74, 6) is -1.17. The fourth-order valence-corrected chi connectivity index (χ4v) is 3.45. The zero-order valence-electron chi connectivity index (χ0n) is 13.2. The third kappa shape index (κ3) is 3.83. The monoisotopic (exact) mass is 309 g/mol. The lowest BCUT2D eigenvalue weighted by Crippen LogP contribution is -2.31. The highest BCUT2D eigenvalue weighted by Crippen LogP contribution is 2.40. The van der Waals surface area contributed by atoms with E-state index >= 15 is 0 Å². The number of rotatable bonds is 6. The van der Waals surface area contributed by atoms with Crippen LogP contribution >= 0.6 is 0 Å². The predicted molar refractivity (Wildman–Crippen MR) is 81.2 cm³/mol. The first-order chi connectivity index (χ1) is 10.5. The van der Waals surface area contributed by atoms with Crippen LogP contribution in [0.2, 0.25) is 0 Å². The quantitative estimate of drug-likeness (QED) is 0.817. The Labute approximate surface area is 130 Å². The molecule has 1 fully saturated rings. The van der Waals surface area contributed by atoms with Crippen LogP contribution in [-0.2, 0) is 9.53 Å². The van der Waals surface area contributed by atoms with E-state index in [1.54, 1.807) is 6.92 Å². The van der Waals surface area contributed by atoms with Gasteiger partial charge >= 0.3 is 5.97 Å². The van der Waals surface area contributed by atoms with E-state index in [-0.39, 0.29) is 12.5 Å². The summed E-state index contributed by atoms with van der Waals surface area (Å²) in [6, 6.07) is 1.89. The van der Waals surface area contributed by atoms with Crippen molar-refractivity contribution in [3.63, 3.8) is 0 Å². The Morgan fingerprint density at radius 1 is 1.45 bits per heavy atom. The smallest absolute Gasteiger partial charge is 0.309 e. The normalized spacial score (nSPS) is 23.2. The number of carboxylic acid groups (broad SMARTS) is 1. The van der Waals surface area contributed by atoms with Crippen LogP contribution in [0.1, 0.15) is 49.7 Å². The summed E-state index contributed by atoms with van der Waals surface area (Å²) >= 11 is 0. The summed E-state index contributed by atoms with van der Waals surface area (Å²) < 4.78 is 18.9. The molecular weight excluding hydrogens is 285 g/mol. The number of carbonyl (C=O) groups is 1. The van der Waals surface area contributed by atoms with Crippen molar-refractivity contribution >= 4 is 5.97 Å². The Kier molecular flexibility index (Phi) is 5.89. The van der Waals surface area contributed by atoms with E-state index in [4.69, 9.17) is 4.74 Å². The van der Waals surface area contributed by atoms with Crippen molar-refractivity contribution in [2.45, 2.75) is 45.4 Å². The van der Waals surface area contributed by atoms with Gasteiger partial charge in [0.15, 0.2) is 0 Å². The highest BCUT2D eigenvalue weighted by molar-refractivity contribution is 5.70. The van der Waals surface area contributed by atoms with Gasteiger partial charge in [-0.05, 0) is 63.0 Å². The van der Waals surface area contributed by atoms with Gasteiger partial charge in [-0.15, -0.1) is 0 Å². The summed E-state index contributed by atoms with van der Waals surface area (Å²) in [6.07, 6.45) is 4.99. The minimum absolute atomic E-state index is 0.146. The highest BCUT2D eigenvalue weighted by Gasteiger charge is 2.33. The van der Waals surface area contributed by atoms with Crippen molar-refractivity contribution in [3.8, 4) is 0 Å². The number of aliphatic carboxylic acids is 1. The average Bonchev–Trinajstić information content (AvgIpc) is 2.51. The number of nitrogens with zero attached hydrogens (tertiary/aromatic N) is 1. The molecule has 1 aromatic rings. The molecule has 1 aliphatic rings. The maximum absolute atomic E-state index is 13.6. The number of hydrogen-bond donors (Lipinski definition) is 1. The van der Waals surface area contributed by atoms with Crippen LogP contribution in [0, 0.1) is 24.7 Å². The number of pyridine rings is 1. The topological polar surface area (TPSA) is 59.4 Å². The molecular formula is C17H24FNO3. The Morgan fingerprint density at radius 2 is 2.14 bits per heavy atom. The molecule has 122 valence electrons. The SMILES string of the molecule is CCOCC(C(=O)O)C1CCC(c2ccnc(F)c2C)CC1. The molecule has 4 nitrogen and oxygen atoms in total. The molecule has 0 saturated heterocycles. The number of carboxylic acids is 1. The molecule has 1 aromatic heterocycles. The summed E-state index contributed by atoms with van der Waals surface area (Å²) in [4.78, 5) is 15.1. The van der Waals surface area contributed by atoms with Crippen LogP contribution in [0.4, 0.5) is 4.39 Å². The fourth-order valence-electron chi connectivity index (χ4n) is 3.45. The Hall–Kier alpha value is -1.49. The second-order valence-corrected chi connectivity index (χ2v) is 6.03. The lowest BCUT2D eigenvalue weighted by atomic mass is 9.73. The van der Waals surface area contributed by atoms with Gasteiger partial charge in [-0.2, -0.15) is 4.39 Å². The molecule has 1 aliphatic carbocycles. The van der Waals surface area contributed by atoms with Crippen LogP contribution in [0.25, 0.3) is 0 Å². The maximum atomic E-state index is 13.6. The standard InChI is InChI=1S/C17H24FNO3/c1-3-22-10-15(17(20)21)13-6-4-12(5-7-13)14-8-9-19-16(18)11(14)2/h8-9,12-13,15H,3-7,10H2,1-2H3,(H,20,21). The summed E-state index contributed by atoms with van der Waals surface area (Å²) in [6.45, 7) is 4.45. The van der Waals surface area contributed by atoms with Crippen LogP contribution in [0.5, 0.6) is 0 Å². The van der Waals surface area contributed by atoms with E-state index < -0.39 is 17.8 Å². The van der Waals surface area contributed by atoms with E-state index in [0.29, 0.717) is 18.1 Å². The third-order valence-corrected chi connectivity index (χ3v) is 4.78. The number of halogens is 1. The molecule has 2 rings (SSSR count). The lowest BCUT2D eigenvalue weighted by Gasteiger charge is -2.32. The van der Waals surface area contributed by atoms with Crippen molar-refractivity contribution in [2.24, 2.45) is 11.8 Å². The molecule has 0 amide bonds.